The van der Waals surface area contributed by atoms with Gasteiger partial charge in [0.1, 0.15) is 0 Å². The van der Waals surface area contributed by atoms with E-state index in [1.54, 1.807) is 0 Å². The average Bonchev–Trinajstić information content (AvgIpc) is 4.29. The molecule has 73 heavy (non-hydrogen) atoms. The van der Waals surface area contributed by atoms with Crippen molar-refractivity contribution in [2.45, 2.75) is 5.41 Å². The second-order valence-corrected chi connectivity index (χ2v) is 22.2. The first-order valence-electron chi connectivity index (χ1n) is 25.3. The van der Waals surface area contributed by atoms with Crippen LogP contribution in [0.2, 0.25) is 0 Å². The maximum Gasteiger partial charge on any atom is 0.0731 e. The maximum absolute atomic E-state index is 2.54. The highest BCUT2D eigenvalue weighted by molar-refractivity contribution is 7.26. The molecule has 0 radical (unpaired) electrons. The molecule has 0 nitrogen and oxygen atoms in total. The molecule has 0 saturated heterocycles. The van der Waals surface area contributed by atoms with Gasteiger partial charge in [-0.15, -0.1) is 22.7 Å². The highest BCUT2D eigenvalue weighted by Gasteiger charge is 2.53. The quantitative estimate of drug-likeness (QED) is 0.122. The van der Waals surface area contributed by atoms with Gasteiger partial charge >= 0.3 is 0 Å². The fourth-order valence-corrected chi connectivity index (χ4v) is 16.3. The maximum atomic E-state index is 2.54. The van der Waals surface area contributed by atoms with Crippen LogP contribution in [0.1, 0.15) is 22.3 Å². The first-order chi connectivity index (χ1) is 36.3. The Morgan fingerprint density at radius 3 is 1.19 bits per heavy atom. The summed E-state index contributed by atoms with van der Waals surface area (Å²) in [5.41, 5.74) is 17.8. The first-order valence-corrected chi connectivity index (χ1v) is 27.0. The van der Waals surface area contributed by atoms with Crippen LogP contribution in [0.25, 0.3) is 139 Å². The SMILES string of the molecule is c1ccc2c(c1)-c1c(-c3c4cccc(-c5cccc6sc7ccccc7c56)c4cc4c(-c5cccc6sc7ccccc7c56)cccc34)cccc1C21c2ccccc2-c2c1c1ccccc1c1ccccc21. The highest BCUT2D eigenvalue weighted by Crippen LogP contribution is 2.67. The zero-order chi connectivity index (χ0) is 47.5. The summed E-state index contributed by atoms with van der Waals surface area (Å²) in [7, 11) is 0. The lowest BCUT2D eigenvalue weighted by Gasteiger charge is -2.32. The Labute approximate surface area is 429 Å². The van der Waals surface area contributed by atoms with E-state index >= 15 is 0 Å². The number of hydrogen-bond donors (Lipinski definition) is 0. The van der Waals surface area contributed by atoms with Gasteiger partial charge in [-0.3, -0.25) is 0 Å². The molecule has 1 unspecified atom stereocenters. The van der Waals surface area contributed by atoms with Gasteiger partial charge in [-0.1, -0.05) is 212 Å². The van der Waals surface area contributed by atoms with E-state index in [0.29, 0.717) is 0 Å². The molecule has 17 rings (SSSR count). The fourth-order valence-electron chi connectivity index (χ4n) is 14.0. The molecule has 1 spiro atoms. The Kier molecular flexibility index (Phi) is 8.06. The highest BCUT2D eigenvalue weighted by atomic mass is 32.1. The van der Waals surface area contributed by atoms with E-state index in [2.05, 4.69) is 243 Å². The third-order valence-corrected chi connectivity index (χ3v) is 18.9. The molecule has 2 heterocycles. The van der Waals surface area contributed by atoms with Crippen molar-refractivity contribution in [2.75, 3.05) is 0 Å². The van der Waals surface area contributed by atoms with E-state index in [-0.39, 0.29) is 0 Å². The molecule has 0 aliphatic heterocycles. The molecule has 0 fully saturated rings. The second-order valence-electron chi connectivity index (χ2n) is 20.0. The van der Waals surface area contributed by atoms with E-state index in [1.807, 2.05) is 22.7 Å². The minimum Gasteiger partial charge on any atom is -0.135 e. The largest absolute Gasteiger partial charge is 0.135 e. The van der Waals surface area contributed by atoms with Gasteiger partial charge in [0.15, 0.2) is 0 Å². The molecule has 0 N–H and O–H groups in total. The summed E-state index contributed by atoms with van der Waals surface area (Å²) in [5, 5.41) is 15.5. The van der Waals surface area contributed by atoms with E-state index in [4.69, 9.17) is 0 Å². The number of hydrogen-bond acceptors (Lipinski definition) is 2. The van der Waals surface area contributed by atoms with Crippen LogP contribution < -0.4 is 0 Å². The van der Waals surface area contributed by atoms with Crippen molar-refractivity contribution in [3.63, 3.8) is 0 Å². The Balaban J connectivity index is 1.04. The Bertz CT molecular complexity index is 4760. The van der Waals surface area contributed by atoms with Crippen molar-refractivity contribution in [1.29, 1.82) is 0 Å². The summed E-state index contributed by atoms with van der Waals surface area (Å²) in [6.07, 6.45) is 0. The number of rotatable bonds is 3. The van der Waals surface area contributed by atoms with Gasteiger partial charge in [0.25, 0.3) is 0 Å². The van der Waals surface area contributed by atoms with Crippen molar-refractivity contribution in [3.05, 3.63) is 265 Å². The van der Waals surface area contributed by atoms with Crippen LogP contribution in [0.4, 0.5) is 0 Å². The lowest BCUT2D eigenvalue weighted by atomic mass is 9.69. The van der Waals surface area contributed by atoms with Gasteiger partial charge < -0.3 is 0 Å². The van der Waals surface area contributed by atoms with Gasteiger partial charge in [0, 0.05) is 40.3 Å². The van der Waals surface area contributed by atoms with Crippen molar-refractivity contribution in [1.82, 2.24) is 0 Å². The van der Waals surface area contributed by atoms with Crippen molar-refractivity contribution < 1.29 is 0 Å². The predicted molar refractivity (Wildman–Crippen MR) is 315 cm³/mol. The number of fused-ring (bicyclic) bond motifs is 23. The first kappa shape index (κ1) is 40.0. The predicted octanol–water partition coefficient (Wildman–Crippen LogP) is 20.4. The lowest BCUT2D eigenvalue weighted by molar-refractivity contribution is 0.802. The summed E-state index contributed by atoms with van der Waals surface area (Å²) in [4.78, 5) is 0. The van der Waals surface area contributed by atoms with Crippen molar-refractivity contribution >= 4 is 106 Å². The number of benzene rings is 13. The third-order valence-electron chi connectivity index (χ3n) is 16.7. The Morgan fingerprint density at radius 2 is 0.589 bits per heavy atom. The molecule has 336 valence electrons. The molecule has 2 heteroatoms. The Hall–Kier alpha value is -8.66. The molecule has 15 aromatic rings. The molecule has 1 atom stereocenters. The van der Waals surface area contributed by atoms with E-state index < -0.39 is 5.41 Å². The van der Waals surface area contributed by atoms with Crippen LogP contribution >= 0.6 is 22.7 Å². The van der Waals surface area contributed by atoms with Gasteiger partial charge in [0.2, 0.25) is 0 Å². The molecule has 2 aliphatic rings. The molecule has 0 bridgehead atoms. The van der Waals surface area contributed by atoms with E-state index in [0.717, 1.165) is 0 Å². The summed E-state index contributed by atoms with van der Waals surface area (Å²) in [6, 6.07) is 92.5. The fraction of sp³-hybridized carbons (Fsp3) is 0.0141. The van der Waals surface area contributed by atoms with Crippen LogP contribution in [-0.4, -0.2) is 0 Å². The molecule has 2 aromatic heterocycles. The average molecular weight is 957 g/mol. The Morgan fingerprint density at radius 1 is 0.219 bits per heavy atom. The smallest absolute Gasteiger partial charge is 0.0731 e. The normalized spacial score (nSPS) is 14.6. The van der Waals surface area contributed by atoms with E-state index in [1.165, 1.54) is 161 Å². The summed E-state index contributed by atoms with van der Waals surface area (Å²) in [6.45, 7) is 0. The molecule has 0 saturated carbocycles. The topological polar surface area (TPSA) is 0 Å². The van der Waals surface area contributed by atoms with Crippen molar-refractivity contribution in [3.8, 4) is 55.6 Å². The second kappa shape index (κ2) is 14.7. The molecule has 13 aromatic carbocycles. The van der Waals surface area contributed by atoms with Crippen molar-refractivity contribution in [2.24, 2.45) is 0 Å². The summed E-state index contributed by atoms with van der Waals surface area (Å²) in [5.74, 6) is 0. The van der Waals surface area contributed by atoms with Gasteiger partial charge in [-0.2, -0.15) is 0 Å². The monoisotopic (exact) mass is 956 g/mol. The summed E-state index contributed by atoms with van der Waals surface area (Å²) < 4.78 is 5.26. The van der Waals surface area contributed by atoms with Gasteiger partial charge in [0.05, 0.1) is 5.41 Å². The third kappa shape index (κ3) is 5.14. The van der Waals surface area contributed by atoms with E-state index in [9.17, 15) is 0 Å². The number of thiophene rings is 2. The standard InChI is InChI=1S/C71H40S2/c1-3-20-47-41(18-1)42-19-2-4-21-50(42)70-69(47)52-23-6-10-34-59(52)71(70)58-33-9-5-22-51(58)66-55(32-15-35-60(66)71)65-48-28-13-26-43(45-30-16-38-63-67(45)53-24-7-11-36-61(53)72-63)56(48)40-57-44(27-14-29-49(57)65)46-31-17-39-64-68(46)54-25-8-12-37-62(54)73-64/h1-40H. The van der Waals surface area contributed by atoms with Crippen LogP contribution in [0.5, 0.6) is 0 Å². The molecule has 2 aliphatic carbocycles. The molecular weight excluding hydrogens is 917 g/mol. The molecule has 0 amide bonds. The van der Waals surface area contributed by atoms with Gasteiger partial charge in [-0.25, -0.2) is 0 Å². The zero-order valence-electron chi connectivity index (χ0n) is 39.4. The van der Waals surface area contributed by atoms with Crippen LogP contribution in [0, 0.1) is 0 Å². The van der Waals surface area contributed by atoms with Gasteiger partial charge in [-0.05, 0) is 151 Å². The minimum atomic E-state index is -0.556. The molecular formula is C71H40S2. The summed E-state index contributed by atoms with van der Waals surface area (Å²) >= 11 is 3.78. The zero-order valence-corrected chi connectivity index (χ0v) is 41.0. The lowest BCUT2D eigenvalue weighted by Crippen LogP contribution is -2.26. The van der Waals surface area contributed by atoms with Crippen LogP contribution in [0.3, 0.4) is 0 Å². The van der Waals surface area contributed by atoms with Crippen LogP contribution in [-0.2, 0) is 5.41 Å². The minimum absolute atomic E-state index is 0.556. The van der Waals surface area contributed by atoms with Crippen LogP contribution in [0.15, 0.2) is 243 Å².